The Hall–Kier alpha value is -0.560. The van der Waals surface area contributed by atoms with E-state index >= 15 is 0 Å². The van der Waals surface area contributed by atoms with Gasteiger partial charge in [0.05, 0.1) is 12.1 Å². The van der Waals surface area contributed by atoms with Gasteiger partial charge in [-0.3, -0.25) is 4.90 Å². The maximum Gasteiger partial charge on any atom is 0.0641 e. The zero-order chi connectivity index (χ0) is 13.0. The number of hydrogen-bond acceptors (Lipinski definition) is 3. The summed E-state index contributed by atoms with van der Waals surface area (Å²) in [6, 6.07) is 1.29. The van der Waals surface area contributed by atoms with Crippen molar-refractivity contribution in [3.05, 3.63) is 0 Å². The molecule has 2 aliphatic rings. The van der Waals surface area contributed by atoms with Crippen LogP contribution >= 0.6 is 0 Å². The SMILES string of the molecule is C#CCN1CCC(NC2CCOC(C)(C)C2)CC1. The molecule has 1 atom stereocenters. The Labute approximate surface area is 111 Å². The summed E-state index contributed by atoms with van der Waals surface area (Å²) < 4.78 is 5.76. The first-order valence-corrected chi connectivity index (χ1v) is 7.15. The van der Waals surface area contributed by atoms with Crippen LogP contribution in [0.25, 0.3) is 0 Å². The summed E-state index contributed by atoms with van der Waals surface area (Å²) in [5, 5.41) is 3.82. The summed E-state index contributed by atoms with van der Waals surface area (Å²) in [5.41, 5.74) is 0.0418. The molecule has 102 valence electrons. The van der Waals surface area contributed by atoms with Crippen molar-refractivity contribution < 1.29 is 4.74 Å². The number of piperidine rings is 1. The lowest BCUT2D eigenvalue weighted by molar-refractivity contribution is -0.0648. The highest BCUT2D eigenvalue weighted by Crippen LogP contribution is 2.25. The molecule has 0 bridgehead atoms. The number of nitrogens with zero attached hydrogens (tertiary/aromatic N) is 1. The highest BCUT2D eigenvalue weighted by molar-refractivity contribution is 4.91. The maximum absolute atomic E-state index is 5.76. The lowest BCUT2D eigenvalue weighted by Crippen LogP contribution is -2.50. The van der Waals surface area contributed by atoms with Gasteiger partial charge in [-0.1, -0.05) is 5.92 Å². The minimum Gasteiger partial charge on any atom is -0.375 e. The van der Waals surface area contributed by atoms with E-state index in [4.69, 9.17) is 11.2 Å². The quantitative estimate of drug-likeness (QED) is 0.771. The standard InChI is InChI=1S/C15H26N2O/c1-4-8-17-9-5-13(6-10-17)16-14-7-11-18-15(2,3)12-14/h1,13-14,16H,5-12H2,2-3H3. The van der Waals surface area contributed by atoms with Crippen LogP contribution in [0.2, 0.25) is 0 Å². The lowest BCUT2D eigenvalue weighted by Gasteiger charge is -2.39. The van der Waals surface area contributed by atoms with Crippen LogP contribution in [-0.4, -0.2) is 48.8 Å². The van der Waals surface area contributed by atoms with E-state index in [1.807, 2.05) is 0 Å². The number of terminal acetylenes is 1. The van der Waals surface area contributed by atoms with Crippen molar-refractivity contribution in [2.45, 2.75) is 57.2 Å². The molecule has 1 unspecified atom stereocenters. The van der Waals surface area contributed by atoms with Crippen molar-refractivity contribution in [2.75, 3.05) is 26.2 Å². The fourth-order valence-corrected chi connectivity index (χ4v) is 3.09. The first-order chi connectivity index (χ1) is 8.59. The lowest BCUT2D eigenvalue weighted by atomic mass is 9.92. The molecule has 2 saturated heterocycles. The van der Waals surface area contributed by atoms with Crippen LogP contribution in [0.4, 0.5) is 0 Å². The Morgan fingerprint density at radius 1 is 1.28 bits per heavy atom. The average Bonchev–Trinajstić information content (AvgIpc) is 2.31. The number of nitrogens with one attached hydrogen (secondary N) is 1. The Bertz CT molecular complexity index is 300. The molecule has 0 amide bonds. The van der Waals surface area contributed by atoms with Crippen molar-refractivity contribution in [1.29, 1.82) is 0 Å². The third-order valence-corrected chi connectivity index (χ3v) is 4.07. The zero-order valence-corrected chi connectivity index (χ0v) is 11.7. The van der Waals surface area contributed by atoms with E-state index in [2.05, 4.69) is 30.0 Å². The predicted molar refractivity (Wildman–Crippen MR) is 74.5 cm³/mol. The second-order valence-corrected chi connectivity index (χ2v) is 6.22. The van der Waals surface area contributed by atoms with Crippen LogP contribution in [0.15, 0.2) is 0 Å². The molecule has 3 heteroatoms. The average molecular weight is 250 g/mol. The summed E-state index contributed by atoms with van der Waals surface area (Å²) >= 11 is 0. The number of rotatable bonds is 3. The van der Waals surface area contributed by atoms with Crippen LogP contribution in [0.5, 0.6) is 0 Å². The second kappa shape index (κ2) is 6.06. The first kappa shape index (κ1) is 13.9. The van der Waals surface area contributed by atoms with E-state index in [1.165, 1.54) is 12.8 Å². The number of likely N-dealkylation sites (tertiary alicyclic amines) is 1. The van der Waals surface area contributed by atoms with Gasteiger partial charge in [-0.25, -0.2) is 0 Å². The summed E-state index contributed by atoms with van der Waals surface area (Å²) in [6.45, 7) is 8.34. The van der Waals surface area contributed by atoms with Gasteiger partial charge in [0.15, 0.2) is 0 Å². The molecule has 0 aromatic heterocycles. The van der Waals surface area contributed by atoms with Crippen molar-refractivity contribution in [2.24, 2.45) is 0 Å². The summed E-state index contributed by atoms with van der Waals surface area (Å²) in [7, 11) is 0. The van der Waals surface area contributed by atoms with Gasteiger partial charge in [0, 0.05) is 31.8 Å². The van der Waals surface area contributed by atoms with E-state index in [0.29, 0.717) is 12.1 Å². The van der Waals surface area contributed by atoms with Gasteiger partial charge in [0.2, 0.25) is 0 Å². The molecule has 0 aromatic rings. The maximum atomic E-state index is 5.76. The van der Waals surface area contributed by atoms with Gasteiger partial charge in [0.25, 0.3) is 0 Å². The third kappa shape index (κ3) is 3.98. The Morgan fingerprint density at radius 3 is 2.61 bits per heavy atom. The molecule has 0 radical (unpaired) electrons. The van der Waals surface area contributed by atoms with Gasteiger partial charge < -0.3 is 10.1 Å². The van der Waals surface area contributed by atoms with Gasteiger partial charge >= 0.3 is 0 Å². The molecule has 1 N–H and O–H groups in total. The molecule has 3 nitrogen and oxygen atoms in total. The predicted octanol–water partition coefficient (Wildman–Crippen LogP) is 1.63. The normalized spacial score (nSPS) is 29.9. The largest absolute Gasteiger partial charge is 0.375 e. The number of ether oxygens (including phenoxy) is 1. The Kier molecular flexibility index (Phi) is 4.66. The summed E-state index contributed by atoms with van der Waals surface area (Å²) in [5.74, 6) is 2.73. The summed E-state index contributed by atoms with van der Waals surface area (Å²) in [4.78, 5) is 2.37. The fraction of sp³-hybridized carbons (Fsp3) is 0.867. The number of hydrogen-bond donors (Lipinski definition) is 1. The van der Waals surface area contributed by atoms with E-state index in [1.54, 1.807) is 0 Å². The minimum atomic E-state index is 0.0418. The third-order valence-electron chi connectivity index (χ3n) is 4.07. The van der Waals surface area contributed by atoms with E-state index in [0.717, 1.165) is 39.1 Å². The smallest absolute Gasteiger partial charge is 0.0641 e. The minimum absolute atomic E-state index is 0.0418. The molecule has 0 aliphatic carbocycles. The van der Waals surface area contributed by atoms with Crippen molar-refractivity contribution in [3.63, 3.8) is 0 Å². The van der Waals surface area contributed by atoms with Crippen LogP contribution in [0, 0.1) is 12.3 Å². The van der Waals surface area contributed by atoms with Crippen molar-refractivity contribution in [3.8, 4) is 12.3 Å². The Morgan fingerprint density at radius 2 is 2.00 bits per heavy atom. The molecule has 0 spiro atoms. The van der Waals surface area contributed by atoms with Crippen LogP contribution < -0.4 is 5.32 Å². The second-order valence-electron chi connectivity index (χ2n) is 6.22. The molecule has 2 rings (SSSR count). The van der Waals surface area contributed by atoms with Crippen LogP contribution in [-0.2, 0) is 4.74 Å². The molecule has 2 aliphatic heterocycles. The molecule has 18 heavy (non-hydrogen) atoms. The van der Waals surface area contributed by atoms with Crippen molar-refractivity contribution in [1.82, 2.24) is 10.2 Å². The highest BCUT2D eigenvalue weighted by Gasteiger charge is 2.30. The molecular weight excluding hydrogens is 224 g/mol. The Balaban J connectivity index is 1.73. The fourth-order valence-electron chi connectivity index (χ4n) is 3.09. The van der Waals surface area contributed by atoms with E-state index in [9.17, 15) is 0 Å². The van der Waals surface area contributed by atoms with Crippen molar-refractivity contribution >= 4 is 0 Å². The molecule has 0 aromatic carbocycles. The molecule has 2 fully saturated rings. The zero-order valence-electron chi connectivity index (χ0n) is 11.7. The van der Waals surface area contributed by atoms with Gasteiger partial charge in [0.1, 0.15) is 0 Å². The topological polar surface area (TPSA) is 24.5 Å². The van der Waals surface area contributed by atoms with E-state index < -0.39 is 0 Å². The van der Waals surface area contributed by atoms with Gasteiger partial charge in [-0.2, -0.15) is 0 Å². The van der Waals surface area contributed by atoms with Crippen LogP contribution in [0.3, 0.4) is 0 Å². The van der Waals surface area contributed by atoms with Gasteiger partial charge in [-0.15, -0.1) is 6.42 Å². The highest BCUT2D eigenvalue weighted by atomic mass is 16.5. The summed E-state index contributed by atoms with van der Waals surface area (Å²) in [6.07, 6.45) is 10.1. The molecule has 2 heterocycles. The first-order valence-electron chi connectivity index (χ1n) is 7.15. The van der Waals surface area contributed by atoms with Gasteiger partial charge in [-0.05, 0) is 39.5 Å². The molecule has 0 saturated carbocycles. The molecular formula is C15H26N2O. The monoisotopic (exact) mass is 250 g/mol. The van der Waals surface area contributed by atoms with E-state index in [-0.39, 0.29) is 5.60 Å². The van der Waals surface area contributed by atoms with Crippen LogP contribution in [0.1, 0.15) is 39.5 Å².